The normalized spacial score (nSPS) is 14.5. The van der Waals surface area contributed by atoms with E-state index in [0.29, 0.717) is 22.8 Å². The molecule has 3 rings (SSSR count). The van der Waals surface area contributed by atoms with Gasteiger partial charge in [0.05, 0.1) is 10.6 Å². The zero-order valence-electron chi connectivity index (χ0n) is 18.1. The number of halogens is 1. The van der Waals surface area contributed by atoms with E-state index in [1.807, 2.05) is 6.92 Å². The van der Waals surface area contributed by atoms with Gasteiger partial charge in [0.25, 0.3) is 10.0 Å². The zero-order chi connectivity index (χ0) is 22.4. The van der Waals surface area contributed by atoms with E-state index < -0.39 is 10.0 Å². The van der Waals surface area contributed by atoms with Crippen LogP contribution in [0.2, 0.25) is 5.02 Å². The third-order valence-corrected chi connectivity index (χ3v) is 7.50. The third kappa shape index (κ3) is 6.21. The smallest absolute Gasteiger partial charge is 0.264 e. The van der Waals surface area contributed by atoms with Crippen LogP contribution >= 0.6 is 11.6 Å². The minimum atomic E-state index is -3.92. The van der Waals surface area contributed by atoms with Gasteiger partial charge in [-0.15, -0.1) is 0 Å². The van der Waals surface area contributed by atoms with Crippen LogP contribution in [0.4, 0.5) is 5.69 Å². The second-order valence-electron chi connectivity index (χ2n) is 8.01. The highest BCUT2D eigenvalue weighted by molar-refractivity contribution is 7.92. The van der Waals surface area contributed by atoms with Crippen LogP contribution in [0.15, 0.2) is 47.4 Å². The average Bonchev–Trinajstić information content (AvgIpc) is 3.24. The second kappa shape index (κ2) is 10.5. The minimum Gasteiger partial charge on any atom is -0.354 e. The number of rotatable bonds is 9. The van der Waals surface area contributed by atoms with Gasteiger partial charge in [-0.2, -0.15) is 0 Å². The summed E-state index contributed by atoms with van der Waals surface area (Å²) in [6.07, 6.45) is 3.31. The van der Waals surface area contributed by atoms with Gasteiger partial charge in [-0.25, -0.2) is 8.42 Å². The average molecular weight is 464 g/mol. The first-order valence-corrected chi connectivity index (χ1v) is 12.4. The van der Waals surface area contributed by atoms with Crippen LogP contribution in [0.25, 0.3) is 0 Å². The summed E-state index contributed by atoms with van der Waals surface area (Å²) in [4.78, 5) is 15.2. The number of likely N-dealkylation sites (tertiary alicyclic amines) is 1. The van der Waals surface area contributed by atoms with Crippen molar-refractivity contribution in [2.75, 3.05) is 37.0 Å². The topological polar surface area (TPSA) is 69.7 Å². The maximum absolute atomic E-state index is 13.4. The van der Waals surface area contributed by atoms with Gasteiger partial charge in [-0.05, 0) is 88.6 Å². The van der Waals surface area contributed by atoms with Crippen molar-refractivity contribution in [3.63, 3.8) is 0 Å². The molecule has 8 heteroatoms. The molecule has 1 aliphatic heterocycles. The lowest BCUT2D eigenvalue weighted by molar-refractivity contribution is -0.119. The van der Waals surface area contributed by atoms with Gasteiger partial charge in [-0.3, -0.25) is 9.10 Å². The predicted octanol–water partition coefficient (Wildman–Crippen LogP) is 3.75. The molecular weight excluding hydrogens is 434 g/mol. The Balaban J connectivity index is 1.75. The molecule has 0 bridgehead atoms. The highest BCUT2D eigenvalue weighted by Crippen LogP contribution is 2.29. The molecule has 1 fully saturated rings. The summed E-state index contributed by atoms with van der Waals surface area (Å²) in [5, 5.41) is 3.39. The Bertz CT molecular complexity index is 1000. The first-order valence-electron chi connectivity index (χ1n) is 10.6. The number of nitrogens with one attached hydrogen (secondary N) is 1. The largest absolute Gasteiger partial charge is 0.354 e. The lowest BCUT2D eigenvalue weighted by atomic mass is 10.2. The first-order chi connectivity index (χ1) is 14.8. The van der Waals surface area contributed by atoms with Crippen molar-refractivity contribution in [1.82, 2.24) is 10.2 Å². The molecule has 1 aliphatic rings. The molecule has 6 nitrogen and oxygen atoms in total. The summed E-state index contributed by atoms with van der Waals surface area (Å²) < 4.78 is 28.0. The number of nitrogens with zero attached hydrogens (tertiary/aromatic N) is 2. The molecule has 0 aliphatic carbocycles. The van der Waals surface area contributed by atoms with Crippen LogP contribution in [-0.4, -0.2) is 51.9 Å². The van der Waals surface area contributed by atoms with Gasteiger partial charge in [0.2, 0.25) is 5.91 Å². The molecule has 168 valence electrons. The molecule has 0 aromatic heterocycles. The summed E-state index contributed by atoms with van der Waals surface area (Å²) >= 11 is 6.06. The van der Waals surface area contributed by atoms with Crippen LogP contribution in [0.5, 0.6) is 0 Å². The number of hydrogen-bond acceptors (Lipinski definition) is 4. The lowest BCUT2D eigenvalue weighted by Gasteiger charge is -2.26. The van der Waals surface area contributed by atoms with Crippen molar-refractivity contribution in [3.8, 4) is 0 Å². The van der Waals surface area contributed by atoms with Crippen LogP contribution in [0.3, 0.4) is 0 Å². The molecule has 0 atom stereocenters. The maximum atomic E-state index is 13.4. The minimum absolute atomic E-state index is 0.147. The summed E-state index contributed by atoms with van der Waals surface area (Å²) in [5.41, 5.74) is 2.09. The molecular formula is C23H30ClN3O3S. The van der Waals surface area contributed by atoms with Gasteiger partial charge in [0.15, 0.2) is 0 Å². The van der Waals surface area contributed by atoms with Gasteiger partial charge < -0.3 is 10.2 Å². The van der Waals surface area contributed by atoms with Gasteiger partial charge in [0.1, 0.15) is 6.54 Å². The quantitative estimate of drug-likeness (QED) is 0.575. The van der Waals surface area contributed by atoms with E-state index in [1.165, 1.54) is 17.1 Å². The molecule has 2 aromatic rings. The lowest BCUT2D eigenvalue weighted by Crippen LogP contribution is -2.41. The first kappa shape index (κ1) is 23.6. The molecule has 0 unspecified atom stereocenters. The van der Waals surface area contributed by atoms with Crippen LogP contribution in [-0.2, 0) is 14.8 Å². The van der Waals surface area contributed by atoms with E-state index in [9.17, 15) is 13.2 Å². The van der Waals surface area contributed by atoms with Crippen molar-refractivity contribution in [2.24, 2.45) is 0 Å². The van der Waals surface area contributed by atoms with Crippen molar-refractivity contribution >= 4 is 33.2 Å². The highest BCUT2D eigenvalue weighted by atomic mass is 35.5. The molecule has 0 saturated carbocycles. The third-order valence-electron chi connectivity index (χ3n) is 5.50. The van der Waals surface area contributed by atoms with E-state index in [0.717, 1.165) is 31.6 Å². The van der Waals surface area contributed by atoms with E-state index in [4.69, 9.17) is 11.6 Å². The Morgan fingerprint density at radius 3 is 2.42 bits per heavy atom. The number of carbonyl (C=O) groups is 1. The molecule has 0 radical (unpaired) electrons. The van der Waals surface area contributed by atoms with Crippen molar-refractivity contribution in [3.05, 3.63) is 58.6 Å². The predicted molar refractivity (Wildman–Crippen MR) is 125 cm³/mol. The number of aryl methyl sites for hydroxylation is 2. The van der Waals surface area contributed by atoms with E-state index in [1.54, 1.807) is 49.4 Å². The monoisotopic (exact) mass is 463 g/mol. The van der Waals surface area contributed by atoms with Crippen LogP contribution < -0.4 is 9.62 Å². The Morgan fingerprint density at radius 1 is 1.10 bits per heavy atom. The summed E-state index contributed by atoms with van der Waals surface area (Å²) in [5.74, 6) is -0.327. The molecule has 2 aromatic carbocycles. The molecule has 1 amide bonds. The van der Waals surface area contributed by atoms with Crippen molar-refractivity contribution in [2.45, 2.75) is 38.0 Å². The summed E-state index contributed by atoms with van der Waals surface area (Å²) in [6, 6.07) is 11.6. The number of benzene rings is 2. The SMILES string of the molecule is Cc1ccc(S(=O)(=O)N(CC(=O)NCCCN2CCCC2)c2ccc(Cl)cc2C)cc1. The fourth-order valence-corrected chi connectivity index (χ4v) is 5.47. The second-order valence-corrected chi connectivity index (χ2v) is 10.3. The Morgan fingerprint density at radius 2 is 1.77 bits per heavy atom. The zero-order valence-corrected chi connectivity index (χ0v) is 19.7. The molecule has 1 heterocycles. The molecule has 1 saturated heterocycles. The Hall–Kier alpha value is -2.09. The highest BCUT2D eigenvalue weighted by Gasteiger charge is 2.28. The fourth-order valence-electron chi connectivity index (χ4n) is 3.76. The summed E-state index contributed by atoms with van der Waals surface area (Å²) in [7, 11) is -3.92. The Kier molecular flexibility index (Phi) is 7.97. The van der Waals surface area contributed by atoms with Crippen molar-refractivity contribution < 1.29 is 13.2 Å². The van der Waals surface area contributed by atoms with E-state index >= 15 is 0 Å². The van der Waals surface area contributed by atoms with Gasteiger partial charge in [0, 0.05) is 11.6 Å². The van der Waals surface area contributed by atoms with Crippen molar-refractivity contribution in [1.29, 1.82) is 0 Å². The number of carbonyl (C=O) groups excluding carboxylic acids is 1. The maximum Gasteiger partial charge on any atom is 0.264 e. The number of anilines is 1. The van der Waals surface area contributed by atoms with Gasteiger partial charge in [-0.1, -0.05) is 29.3 Å². The summed E-state index contributed by atoms with van der Waals surface area (Å²) in [6.45, 7) is 7.09. The van der Waals surface area contributed by atoms with Crippen LogP contribution in [0, 0.1) is 13.8 Å². The molecule has 1 N–H and O–H groups in total. The van der Waals surface area contributed by atoms with E-state index in [-0.39, 0.29) is 17.3 Å². The molecule has 31 heavy (non-hydrogen) atoms. The number of amides is 1. The Labute approximate surface area is 190 Å². The molecule has 0 spiro atoms. The standard InChI is InChI=1S/C23H30ClN3O3S/c1-18-6-9-21(10-7-18)31(29,30)27(22-11-8-20(24)16-19(22)2)17-23(28)25-12-5-15-26-13-3-4-14-26/h6-11,16H,3-5,12-15,17H2,1-2H3,(H,25,28). The fraction of sp³-hybridized carbons (Fsp3) is 0.435. The van der Waals surface area contributed by atoms with E-state index in [2.05, 4.69) is 10.2 Å². The van der Waals surface area contributed by atoms with Gasteiger partial charge >= 0.3 is 0 Å². The number of sulfonamides is 1. The van der Waals surface area contributed by atoms with Crippen LogP contribution in [0.1, 0.15) is 30.4 Å². The number of hydrogen-bond donors (Lipinski definition) is 1.